The molecule has 126 valence electrons. The molecule has 1 atom stereocenters. The molecule has 0 aliphatic heterocycles. The van der Waals surface area contributed by atoms with Gasteiger partial charge in [0.15, 0.2) is 6.04 Å². The lowest BCUT2D eigenvalue weighted by atomic mass is 9.68. The topological polar surface area (TPSA) is 75.6 Å². The monoisotopic (exact) mass is 323 g/mol. The molecule has 6 heteroatoms. The highest BCUT2D eigenvalue weighted by Gasteiger charge is 2.42. The summed E-state index contributed by atoms with van der Waals surface area (Å²) in [6.07, 6.45) is 4.06. The molecule has 0 saturated heterocycles. The number of methoxy groups -OCH3 is 1. The number of halogens is 1. The summed E-state index contributed by atoms with van der Waals surface area (Å²) < 4.78 is 18.1. The number of hydrogen-bond donors (Lipinski definition) is 2. The van der Waals surface area contributed by atoms with Crippen molar-refractivity contribution in [1.82, 2.24) is 5.32 Å². The maximum Gasteiger partial charge on any atom is 0.328 e. The summed E-state index contributed by atoms with van der Waals surface area (Å²) >= 11 is 0. The molecule has 1 aliphatic carbocycles. The minimum atomic E-state index is -1.13. The van der Waals surface area contributed by atoms with E-state index in [1.165, 1.54) is 19.2 Å². The summed E-state index contributed by atoms with van der Waals surface area (Å²) in [7, 11) is 1.39. The second kappa shape index (κ2) is 7.55. The Balaban J connectivity index is 2.28. The fourth-order valence-electron chi connectivity index (χ4n) is 3.21. The van der Waals surface area contributed by atoms with E-state index in [9.17, 15) is 19.1 Å². The zero-order valence-corrected chi connectivity index (χ0v) is 13.2. The van der Waals surface area contributed by atoms with Crippen molar-refractivity contribution in [3.8, 4) is 0 Å². The molecule has 2 rings (SSSR count). The van der Waals surface area contributed by atoms with E-state index in [-0.39, 0.29) is 18.3 Å². The van der Waals surface area contributed by atoms with Crippen LogP contribution in [0.15, 0.2) is 24.3 Å². The molecule has 1 aromatic rings. The Kier molecular flexibility index (Phi) is 5.71. The average Bonchev–Trinajstić information content (AvgIpc) is 2.55. The lowest BCUT2D eigenvalue weighted by molar-refractivity contribution is -0.144. The largest absolute Gasteiger partial charge is 0.480 e. The molecule has 0 bridgehead atoms. The minimum absolute atomic E-state index is 0.0967. The summed E-state index contributed by atoms with van der Waals surface area (Å²) in [6, 6.07) is 4.82. The van der Waals surface area contributed by atoms with Crippen LogP contribution in [0.1, 0.15) is 37.7 Å². The number of benzene rings is 1. The quantitative estimate of drug-likeness (QED) is 0.842. The van der Waals surface area contributed by atoms with E-state index in [1.54, 1.807) is 12.1 Å². The van der Waals surface area contributed by atoms with Crippen molar-refractivity contribution >= 4 is 11.9 Å². The van der Waals surface area contributed by atoms with Gasteiger partial charge in [0.05, 0.1) is 12.0 Å². The van der Waals surface area contributed by atoms with Gasteiger partial charge in [0.25, 0.3) is 0 Å². The van der Waals surface area contributed by atoms with E-state index in [2.05, 4.69) is 5.32 Å². The summed E-state index contributed by atoms with van der Waals surface area (Å²) in [5, 5.41) is 11.8. The predicted molar refractivity (Wildman–Crippen MR) is 82.6 cm³/mol. The van der Waals surface area contributed by atoms with Gasteiger partial charge < -0.3 is 15.2 Å². The van der Waals surface area contributed by atoms with E-state index in [0.717, 1.165) is 24.8 Å². The summed E-state index contributed by atoms with van der Waals surface area (Å²) in [5.74, 6) is -1.82. The number of amides is 1. The molecular formula is C17H22FNO4. The van der Waals surface area contributed by atoms with Crippen LogP contribution in [0.5, 0.6) is 0 Å². The highest BCUT2D eigenvalue weighted by atomic mass is 19.1. The number of aliphatic carboxylic acids is 1. The molecule has 1 fully saturated rings. The Labute approximate surface area is 134 Å². The second-order valence-electron chi connectivity index (χ2n) is 5.97. The lowest BCUT2D eigenvalue weighted by Gasteiger charge is -2.37. The molecule has 1 aliphatic rings. The van der Waals surface area contributed by atoms with Crippen LogP contribution in [-0.2, 0) is 19.7 Å². The van der Waals surface area contributed by atoms with Crippen molar-refractivity contribution in [1.29, 1.82) is 0 Å². The Morgan fingerprint density at radius 1 is 1.26 bits per heavy atom. The van der Waals surface area contributed by atoms with Crippen molar-refractivity contribution in [2.24, 2.45) is 0 Å². The first-order chi connectivity index (χ1) is 11.0. The van der Waals surface area contributed by atoms with Crippen molar-refractivity contribution in [3.05, 3.63) is 35.6 Å². The van der Waals surface area contributed by atoms with Gasteiger partial charge in [-0.1, -0.05) is 31.4 Å². The Morgan fingerprint density at radius 3 is 2.39 bits per heavy atom. The first kappa shape index (κ1) is 17.4. The minimum Gasteiger partial charge on any atom is -0.480 e. The fraction of sp³-hybridized carbons (Fsp3) is 0.529. The van der Waals surface area contributed by atoms with Gasteiger partial charge in [-0.25, -0.2) is 9.18 Å². The lowest BCUT2D eigenvalue weighted by Crippen LogP contribution is -2.52. The molecule has 0 radical (unpaired) electrons. The highest BCUT2D eigenvalue weighted by molar-refractivity contribution is 5.91. The first-order valence-electron chi connectivity index (χ1n) is 7.78. The molecule has 5 nitrogen and oxygen atoms in total. The number of carbonyl (C=O) groups is 2. The van der Waals surface area contributed by atoms with Gasteiger partial charge >= 0.3 is 5.97 Å². The van der Waals surface area contributed by atoms with Gasteiger partial charge in [-0.15, -0.1) is 0 Å². The molecule has 0 heterocycles. The van der Waals surface area contributed by atoms with Crippen LogP contribution < -0.4 is 5.32 Å². The van der Waals surface area contributed by atoms with Crippen LogP contribution >= 0.6 is 0 Å². The number of carboxylic acids is 1. The zero-order valence-electron chi connectivity index (χ0n) is 13.2. The Morgan fingerprint density at radius 2 is 1.87 bits per heavy atom. The molecule has 1 amide bonds. The second-order valence-corrected chi connectivity index (χ2v) is 5.97. The highest BCUT2D eigenvalue weighted by Crippen LogP contribution is 2.39. The standard InChI is InChI=1S/C17H22FNO4/c1-23-11-14(15(20)21)19-16(22)17(9-3-2-4-10-17)12-5-7-13(18)8-6-12/h5-8,14H,2-4,9-11H2,1H3,(H,19,22)(H,20,21). The summed E-state index contributed by atoms with van der Waals surface area (Å²) in [6.45, 7) is -0.0967. The fourth-order valence-corrected chi connectivity index (χ4v) is 3.21. The predicted octanol–water partition coefficient (Wildman–Crippen LogP) is 2.24. The van der Waals surface area contributed by atoms with Crippen LogP contribution in [0, 0.1) is 5.82 Å². The van der Waals surface area contributed by atoms with Crippen molar-refractivity contribution in [2.45, 2.75) is 43.6 Å². The van der Waals surface area contributed by atoms with E-state index in [1.807, 2.05) is 0 Å². The van der Waals surface area contributed by atoms with Crippen LogP contribution in [0.25, 0.3) is 0 Å². The summed E-state index contributed by atoms with van der Waals surface area (Å²) in [5.41, 5.74) is -0.0643. The van der Waals surface area contributed by atoms with E-state index in [4.69, 9.17) is 4.74 Å². The normalized spacial score (nSPS) is 18.2. The van der Waals surface area contributed by atoms with Crippen molar-refractivity contribution < 1.29 is 23.8 Å². The van der Waals surface area contributed by atoms with Crippen LogP contribution in [-0.4, -0.2) is 36.7 Å². The number of ether oxygens (including phenoxy) is 1. The number of hydrogen-bond acceptors (Lipinski definition) is 3. The maximum absolute atomic E-state index is 13.2. The third-order valence-electron chi connectivity index (χ3n) is 4.48. The number of rotatable bonds is 6. The van der Waals surface area contributed by atoms with Crippen molar-refractivity contribution in [2.75, 3.05) is 13.7 Å². The molecule has 0 aromatic heterocycles. The number of nitrogens with one attached hydrogen (secondary N) is 1. The Hall–Kier alpha value is -1.95. The third kappa shape index (κ3) is 3.88. The van der Waals surface area contributed by atoms with Gasteiger partial charge in [-0.3, -0.25) is 4.79 Å². The van der Waals surface area contributed by atoms with Gasteiger partial charge in [0.1, 0.15) is 5.82 Å². The maximum atomic E-state index is 13.2. The molecule has 2 N–H and O–H groups in total. The molecule has 0 spiro atoms. The smallest absolute Gasteiger partial charge is 0.328 e. The van der Waals surface area contributed by atoms with E-state index < -0.39 is 17.4 Å². The third-order valence-corrected chi connectivity index (χ3v) is 4.48. The van der Waals surface area contributed by atoms with Crippen LogP contribution in [0.2, 0.25) is 0 Å². The molecule has 1 unspecified atom stereocenters. The number of carbonyl (C=O) groups excluding carboxylic acids is 1. The number of carboxylic acid groups (broad SMARTS) is 1. The summed E-state index contributed by atoms with van der Waals surface area (Å²) in [4.78, 5) is 24.1. The first-order valence-corrected chi connectivity index (χ1v) is 7.78. The van der Waals surface area contributed by atoms with Crippen LogP contribution in [0.4, 0.5) is 4.39 Å². The van der Waals surface area contributed by atoms with Gasteiger partial charge in [0, 0.05) is 7.11 Å². The van der Waals surface area contributed by atoms with Crippen molar-refractivity contribution in [3.63, 3.8) is 0 Å². The van der Waals surface area contributed by atoms with Gasteiger partial charge in [-0.05, 0) is 30.5 Å². The molecular weight excluding hydrogens is 301 g/mol. The van der Waals surface area contributed by atoms with E-state index in [0.29, 0.717) is 12.8 Å². The zero-order chi connectivity index (χ0) is 16.9. The SMILES string of the molecule is COCC(NC(=O)C1(c2ccc(F)cc2)CCCCC1)C(=O)O. The van der Waals surface area contributed by atoms with Gasteiger partial charge in [0.2, 0.25) is 5.91 Å². The molecule has 23 heavy (non-hydrogen) atoms. The van der Waals surface area contributed by atoms with Gasteiger partial charge in [-0.2, -0.15) is 0 Å². The Bertz CT molecular complexity index is 552. The molecule has 1 saturated carbocycles. The van der Waals surface area contributed by atoms with E-state index >= 15 is 0 Å². The van der Waals surface area contributed by atoms with Crippen LogP contribution in [0.3, 0.4) is 0 Å². The molecule has 1 aromatic carbocycles. The average molecular weight is 323 g/mol.